The highest BCUT2D eigenvalue weighted by Gasteiger charge is 1.97. The topological polar surface area (TPSA) is 44.5 Å². The van der Waals surface area contributed by atoms with Gasteiger partial charge in [0.25, 0.3) is 0 Å². The van der Waals surface area contributed by atoms with Gasteiger partial charge < -0.3 is 15.2 Å². The normalized spacial score (nSPS) is 10.7. The van der Waals surface area contributed by atoms with E-state index in [-0.39, 0.29) is 6.10 Å². The molecule has 15 heavy (non-hydrogen) atoms. The zero-order valence-electron chi connectivity index (χ0n) is 9.40. The van der Waals surface area contributed by atoms with E-state index in [0.29, 0.717) is 19.8 Å². The Morgan fingerprint density at radius 1 is 1.20 bits per heavy atom. The summed E-state index contributed by atoms with van der Waals surface area (Å²) in [6, 6.07) is 7.94. The van der Waals surface area contributed by atoms with Gasteiger partial charge >= 0.3 is 0 Å². The Bertz CT molecular complexity index is 269. The highest BCUT2D eigenvalue weighted by Crippen LogP contribution is 2.14. The highest BCUT2D eigenvalue weighted by molar-refractivity contribution is 5.26. The van der Waals surface area contributed by atoms with Gasteiger partial charge in [-0.05, 0) is 31.5 Å². The summed E-state index contributed by atoms with van der Waals surface area (Å²) in [6.45, 7) is 5.80. The molecular weight excluding hydrogens is 190 g/mol. The van der Waals surface area contributed by atoms with Crippen LogP contribution >= 0.6 is 0 Å². The predicted octanol–water partition coefficient (Wildman–Crippen LogP) is 1.95. The quantitative estimate of drug-likeness (QED) is 0.728. The lowest BCUT2D eigenvalue weighted by molar-refractivity contribution is 0.128. The van der Waals surface area contributed by atoms with Crippen molar-refractivity contribution in [3.05, 3.63) is 29.8 Å². The van der Waals surface area contributed by atoms with E-state index in [1.165, 1.54) is 0 Å². The average molecular weight is 209 g/mol. The maximum Gasteiger partial charge on any atom is 0.119 e. The molecule has 0 aliphatic heterocycles. The molecule has 0 aliphatic carbocycles. The van der Waals surface area contributed by atoms with E-state index in [2.05, 4.69) is 0 Å². The van der Waals surface area contributed by atoms with Crippen molar-refractivity contribution in [2.75, 3.05) is 13.2 Å². The van der Waals surface area contributed by atoms with Gasteiger partial charge in [-0.2, -0.15) is 0 Å². The third kappa shape index (κ3) is 4.81. The Morgan fingerprint density at radius 2 is 1.87 bits per heavy atom. The molecule has 3 heteroatoms. The van der Waals surface area contributed by atoms with Crippen LogP contribution in [0.25, 0.3) is 0 Å². The first-order valence-corrected chi connectivity index (χ1v) is 5.26. The van der Waals surface area contributed by atoms with Crippen LogP contribution in [0.3, 0.4) is 0 Å². The van der Waals surface area contributed by atoms with Crippen LogP contribution in [0.5, 0.6) is 5.75 Å². The van der Waals surface area contributed by atoms with E-state index < -0.39 is 0 Å². The van der Waals surface area contributed by atoms with Crippen molar-refractivity contribution in [1.29, 1.82) is 0 Å². The van der Waals surface area contributed by atoms with Gasteiger partial charge in [-0.25, -0.2) is 0 Å². The van der Waals surface area contributed by atoms with Gasteiger partial charge in [-0.3, -0.25) is 0 Å². The molecule has 2 N–H and O–H groups in total. The summed E-state index contributed by atoms with van der Waals surface area (Å²) in [6.07, 6.45) is 0.212. The van der Waals surface area contributed by atoms with Crippen molar-refractivity contribution in [3.63, 3.8) is 0 Å². The minimum Gasteiger partial charge on any atom is -0.491 e. The first-order chi connectivity index (χ1) is 7.22. The number of hydrogen-bond donors (Lipinski definition) is 1. The fraction of sp³-hybridized carbons (Fsp3) is 0.500. The van der Waals surface area contributed by atoms with Gasteiger partial charge in [-0.1, -0.05) is 12.1 Å². The van der Waals surface area contributed by atoms with Gasteiger partial charge in [0.05, 0.1) is 19.3 Å². The van der Waals surface area contributed by atoms with Crippen LogP contribution < -0.4 is 10.5 Å². The van der Waals surface area contributed by atoms with Crippen molar-refractivity contribution in [2.45, 2.75) is 26.6 Å². The lowest BCUT2D eigenvalue weighted by Gasteiger charge is -2.10. The average Bonchev–Trinajstić information content (AvgIpc) is 2.20. The van der Waals surface area contributed by atoms with Gasteiger partial charge in [0.1, 0.15) is 5.75 Å². The summed E-state index contributed by atoms with van der Waals surface area (Å²) in [5.41, 5.74) is 6.47. The van der Waals surface area contributed by atoms with Crippen LogP contribution in [0, 0.1) is 0 Å². The SMILES string of the molecule is CC(C)Oc1ccc(COCCN)cc1. The number of benzene rings is 1. The summed E-state index contributed by atoms with van der Waals surface area (Å²) in [4.78, 5) is 0. The molecule has 0 amide bonds. The minimum atomic E-state index is 0.212. The summed E-state index contributed by atoms with van der Waals surface area (Å²) in [7, 11) is 0. The van der Waals surface area contributed by atoms with Crippen LogP contribution in [-0.4, -0.2) is 19.3 Å². The summed E-state index contributed by atoms with van der Waals surface area (Å²) in [5.74, 6) is 0.896. The molecule has 0 aliphatic rings. The Morgan fingerprint density at radius 3 is 2.40 bits per heavy atom. The van der Waals surface area contributed by atoms with E-state index in [0.717, 1.165) is 11.3 Å². The summed E-state index contributed by atoms with van der Waals surface area (Å²) < 4.78 is 10.9. The number of rotatable bonds is 6. The van der Waals surface area contributed by atoms with E-state index in [9.17, 15) is 0 Å². The molecule has 1 rings (SSSR count). The fourth-order valence-electron chi connectivity index (χ4n) is 1.21. The number of nitrogens with two attached hydrogens (primary N) is 1. The van der Waals surface area contributed by atoms with E-state index in [1.807, 2.05) is 38.1 Å². The molecule has 0 spiro atoms. The Kier molecular flexibility index (Phi) is 5.15. The fourth-order valence-corrected chi connectivity index (χ4v) is 1.21. The Hall–Kier alpha value is -1.06. The lowest BCUT2D eigenvalue weighted by atomic mass is 10.2. The number of ether oxygens (including phenoxy) is 2. The zero-order chi connectivity index (χ0) is 11.1. The second-order valence-electron chi connectivity index (χ2n) is 3.65. The molecule has 0 saturated carbocycles. The van der Waals surface area contributed by atoms with Crippen LogP contribution in [0.15, 0.2) is 24.3 Å². The molecule has 0 aromatic heterocycles. The van der Waals surface area contributed by atoms with Crippen LogP contribution in [0.1, 0.15) is 19.4 Å². The number of hydrogen-bond acceptors (Lipinski definition) is 3. The molecule has 0 fully saturated rings. The molecule has 0 radical (unpaired) electrons. The van der Waals surface area contributed by atoms with Crippen LogP contribution in [0.2, 0.25) is 0 Å². The van der Waals surface area contributed by atoms with E-state index in [1.54, 1.807) is 0 Å². The van der Waals surface area contributed by atoms with Gasteiger partial charge in [0.2, 0.25) is 0 Å². The third-order valence-corrected chi connectivity index (χ3v) is 1.83. The second-order valence-corrected chi connectivity index (χ2v) is 3.65. The standard InChI is InChI=1S/C12H19NO2/c1-10(2)15-12-5-3-11(4-6-12)9-14-8-7-13/h3-6,10H,7-9,13H2,1-2H3. The Balaban J connectivity index is 2.42. The molecule has 84 valence electrons. The van der Waals surface area contributed by atoms with Crippen molar-refractivity contribution < 1.29 is 9.47 Å². The molecule has 3 nitrogen and oxygen atoms in total. The van der Waals surface area contributed by atoms with Crippen LogP contribution in [0.4, 0.5) is 0 Å². The first kappa shape index (κ1) is 12.0. The van der Waals surface area contributed by atoms with Crippen molar-refractivity contribution in [2.24, 2.45) is 5.73 Å². The predicted molar refractivity (Wildman–Crippen MR) is 60.9 cm³/mol. The van der Waals surface area contributed by atoms with Gasteiger partial charge in [0.15, 0.2) is 0 Å². The maximum atomic E-state index is 5.53. The summed E-state index contributed by atoms with van der Waals surface area (Å²) >= 11 is 0. The van der Waals surface area contributed by atoms with Crippen molar-refractivity contribution in [3.8, 4) is 5.75 Å². The molecule has 0 heterocycles. The lowest BCUT2D eigenvalue weighted by Crippen LogP contribution is -2.08. The second kappa shape index (κ2) is 6.43. The van der Waals surface area contributed by atoms with Gasteiger partial charge in [-0.15, -0.1) is 0 Å². The smallest absolute Gasteiger partial charge is 0.119 e. The molecule has 0 unspecified atom stereocenters. The van der Waals surface area contributed by atoms with E-state index >= 15 is 0 Å². The zero-order valence-corrected chi connectivity index (χ0v) is 9.40. The first-order valence-electron chi connectivity index (χ1n) is 5.26. The van der Waals surface area contributed by atoms with E-state index in [4.69, 9.17) is 15.2 Å². The maximum absolute atomic E-state index is 5.53. The molecular formula is C12H19NO2. The van der Waals surface area contributed by atoms with Crippen molar-refractivity contribution >= 4 is 0 Å². The Labute approximate surface area is 91.2 Å². The van der Waals surface area contributed by atoms with Crippen LogP contribution in [-0.2, 0) is 11.3 Å². The molecule has 0 atom stereocenters. The molecule has 0 saturated heterocycles. The molecule has 1 aromatic rings. The van der Waals surface area contributed by atoms with Gasteiger partial charge in [0, 0.05) is 6.54 Å². The van der Waals surface area contributed by atoms with Crippen molar-refractivity contribution in [1.82, 2.24) is 0 Å². The summed E-state index contributed by atoms with van der Waals surface area (Å²) in [5, 5.41) is 0. The molecule has 0 bridgehead atoms. The highest BCUT2D eigenvalue weighted by atomic mass is 16.5. The molecule has 1 aromatic carbocycles. The third-order valence-electron chi connectivity index (χ3n) is 1.83. The largest absolute Gasteiger partial charge is 0.491 e. The minimum absolute atomic E-state index is 0.212. The monoisotopic (exact) mass is 209 g/mol.